The zero-order valence-corrected chi connectivity index (χ0v) is 13.2. The molecule has 112 valence electrons. The molecular weight excluding hydrogens is 274 g/mol. The van der Waals surface area contributed by atoms with Crippen molar-refractivity contribution in [3.8, 4) is 0 Å². The summed E-state index contributed by atoms with van der Waals surface area (Å²) in [7, 11) is 0. The van der Waals surface area contributed by atoms with Crippen LogP contribution >= 0.6 is 12.4 Å². The Kier molecular flexibility index (Phi) is 5.96. The number of nitrogens with zero attached hydrogens (tertiary/aromatic N) is 1. The van der Waals surface area contributed by atoms with Crippen molar-refractivity contribution >= 4 is 18.3 Å². The van der Waals surface area contributed by atoms with Crippen LogP contribution in [0.2, 0.25) is 0 Å². The quantitative estimate of drug-likeness (QED) is 0.901. The summed E-state index contributed by atoms with van der Waals surface area (Å²) >= 11 is 0. The van der Waals surface area contributed by atoms with Crippen LogP contribution in [-0.2, 0) is 4.79 Å². The van der Waals surface area contributed by atoms with Gasteiger partial charge in [0.05, 0.1) is 12.1 Å². The predicted octanol–water partition coefficient (Wildman–Crippen LogP) is 2.46. The topological polar surface area (TPSA) is 54.0 Å². The van der Waals surface area contributed by atoms with Gasteiger partial charge in [-0.15, -0.1) is 12.4 Å². The molecule has 2 N–H and O–H groups in total. The van der Waals surface area contributed by atoms with E-state index in [0.717, 1.165) is 24.9 Å². The van der Waals surface area contributed by atoms with Crippen molar-refractivity contribution in [3.05, 3.63) is 30.1 Å². The van der Waals surface area contributed by atoms with Gasteiger partial charge in [-0.05, 0) is 43.4 Å². The average molecular weight is 298 g/mol. The molecule has 5 heteroatoms. The normalized spacial score (nSPS) is 22.4. The summed E-state index contributed by atoms with van der Waals surface area (Å²) < 4.78 is 0. The molecule has 0 spiro atoms. The van der Waals surface area contributed by atoms with Gasteiger partial charge in [0.15, 0.2) is 0 Å². The summed E-state index contributed by atoms with van der Waals surface area (Å²) in [6, 6.07) is 3.75. The molecule has 2 rings (SSSR count). The largest absolute Gasteiger partial charge is 0.348 e. The van der Waals surface area contributed by atoms with Crippen LogP contribution in [-0.4, -0.2) is 23.5 Å². The summed E-state index contributed by atoms with van der Waals surface area (Å²) in [4.78, 5) is 16.5. The van der Waals surface area contributed by atoms with Gasteiger partial charge >= 0.3 is 0 Å². The van der Waals surface area contributed by atoms with Crippen molar-refractivity contribution in [1.82, 2.24) is 15.6 Å². The van der Waals surface area contributed by atoms with Crippen LogP contribution in [0.15, 0.2) is 24.5 Å². The van der Waals surface area contributed by atoms with E-state index in [-0.39, 0.29) is 35.8 Å². The number of hydrogen-bond donors (Lipinski definition) is 2. The highest BCUT2D eigenvalue weighted by Crippen LogP contribution is 2.30. The van der Waals surface area contributed by atoms with Gasteiger partial charge in [0, 0.05) is 12.4 Å². The van der Waals surface area contributed by atoms with Crippen LogP contribution in [0.5, 0.6) is 0 Å². The lowest BCUT2D eigenvalue weighted by molar-refractivity contribution is -0.127. The highest BCUT2D eigenvalue weighted by atomic mass is 35.5. The number of nitrogens with one attached hydrogen (secondary N) is 2. The zero-order chi connectivity index (χ0) is 13.9. The van der Waals surface area contributed by atoms with Crippen molar-refractivity contribution in [2.45, 2.75) is 45.7 Å². The van der Waals surface area contributed by atoms with E-state index < -0.39 is 0 Å². The number of pyridine rings is 1. The van der Waals surface area contributed by atoms with Crippen molar-refractivity contribution in [3.63, 3.8) is 0 Å². The number of halogens is 1. The zero-order valence-electron chi connectivity index (χ0n) is 12.3. The summed E-state index contributed by atoms with van der Waals surface area (Å²) in [5, 5.41) is 6.42. The number of rotatable bonds is 3. The van der Waals surface area contributed by atoms with Crippen molar-refractivity contribution in [2.24, 2.45) is 5.41 Å². The third-order valence-electron chi connectivity index (χ3n) is 3.93. The highest BCUT2D eigenvalue weighted by molar-refractivity contribution is 5.85. The first-order chi connectivity index (χ1) is 9.00. The molecule has 1 aliphatic heterocycles. The second-order valence-electron chi connectivity index (χ2n) is 6.00. The summed E-state index contributed by atoms with van der Waals surface area (Å²) in [5.41, 5.74) is 1.04. The first-order valence-corrected chi connectivity index (χ1v) is 6.94. The Morgan fingerprint density at radius 1 is 1.55 bits per heavy atom. The standard InChI is InChI=1S/C15H23N3O.ClH/c1-11(12-6-4-8-16-10-12)18-14(19)13-15(2,3)7-5-9-17-13;/h4,6,8,10-11,13,17H,5,7,9H2,1-3H3,(H,18,19);1H/t11-,13?;/m0./s1. The minimum atomic E-state index is -0.111. The summed E-state index contributed by atoms with van der Waals surface area (Å²) in [6.07, 6.45) is 5.75. The van der Waals surface area contributed by atoms with E-state index in [1.807, 2.05) is 19.1 Å². The Balaban J connectivity index is 0.00000200. The van der Waals surface area contributed by atoms with Crippen LogP contribution in [0.1, 0.15) is 45.2 Å². The molecule has 4 nitrogen and oxygen atoms in total. The molecular formula is C15H24ClN3O. The Hall–Kier alpha value is -1.13. The fourth-order valence-corrected chi connectivity index (χ4v) is 2.67. The van der Waals surface area contributed by atoms with Gasteiger partial charge in [0.2, 0.25) is 5.91 Å². The van der Waals surface area contributed by atoms with E-state index >= 15 is 0 Å². The SMILES string of the molecule is C[C@H](NC(=O)C1NCCCC1(C)C)c1cccnc1.Cl. The van der Waals surface area contributed by atoms with Crippen molar-refractivity contribution < 1.29 is 4.79 Å². The van der Waals surface area contributed by atoms with Crippen molar-refractivity contribution in [2.75, 3.05) is 6.54 Å². The third kappa shape index (κ3) is 3.93. The molecule has 1 aromatic rings. The molecule has 2 atom stereocenters. The summed E-state index contributed by atoms with van der Waals surface area (Å²) in [6.45, 7) is 7.21. The molecule has 2 heterocycles. The number of aromatic nitrogens is 1. The number of carbonyl (C=O) groups is 1. The van der Waals surface area contributed by atoms with Crippen LogP contribution < -0.4 is 10.6 Å². The molecule has 0 aliphatic carbocycles. The van der Waals surface area contributed by atoms with Crippen LogP contribution in [0.3, 0.4) is 0 Å². The molecule has 1 fully saturated rings. The lowest BCUT2D eigenvalue weighted by Crippen LogP contribution is -2.55. The Morgan fingerprint density at radius 3 is 2.90 bits per heavy atom. The maximum atomic E-state index is 12.4. The molecule has 0 bridgehead atoms. The molecule has 0 saturated carbocycles. The van der Waals surface area contributed by atoms with Gasteiger partial charge < -0.3 is 10.6 Å². The van der Waals surface area contributed by atoms with E-state index in [9.17, 15) is 4.79 Å². The molecule has 1 aliphatic rings. The van der Waals surface area contributed by atoms with E-state index in [1.54, 1.807) is 12.4 Å². The second-order valence-corrected chi connectivity index (χ2v) is 6.00. The maximum Gasteiger partial charge on any atom is 0.238 e. The van der Waals surface area contributed by atoms with Gasteiger partial charge in [-0.2, -0.15) is 0 Å². The number of amides is 1. The van der Waals surface area contributed by atoms with Crippen LogP contribution in [0.4, 0.5) is 0 Å². The number of carbonyl (C=O) groups excluding carboxylic acids is 1. The average Bonchev–Trinajstić information content (AvgIpc) is 2.39. The minimum absolute atomic E-state index is 0. The molecule has 0 radical (unpaired) electrons. The molecule has 1 aromatic heterocycles. The van der Waals surface area contributed by atoms with Gasteiger partial charge in [-0.3, -0.25) is 9.78 Å². The Labute approximate surface area is 127 Å². The number of hydrogen-bond acceptors (Lipinski definition) is 3. The first-order valence-electron chi connectivity index (χ1n) is 6.94. The lowest BCUT2D eigenvalue weighted by Gasteiger charge is -2.38. The molecule has 1 unspecified atom stereocenters. The smallest absolute Gasteiger partial charge is 0.238 e. The predicted molar refractivity (Wildman–Crippen MR) is 82.8 cm³/mol. The molecule has 20 heavy (non-hydrogen) atoms. The lowest BCUT2D eigenvalue weighted by atomic mass is 9.77. The molecule has 1 saturated heterocycles. The van der Waals surface area contributed by atoms with Crippen molar-refractivity contribution in [1.29, 1.82) is 0 Å². The fraction of sp³-hybridized carbons (Fsp3) is 0.600. The second kappa shape index (κ2) is 7.04. The minimum Gasteiger partial charge on any atom is -0.348 e. The summed E-state index contributed by atoms with van der Waals surface area (Å²) in [5.74, 6) is 0.0843. The number of piperidine rings is 1. The van der Waals surface area contributed by atoms with E-state index in [0.29, 0.717) is 0 Å². The van der Waals surface area contributed by atoms with Gasteiger partial charge in [0.1, 0.15) is 0 Å². The Morgan fingerprint density at radius 2 is 2.30 bits per heavy atom. The Bertz CT molecular complexity index is 436. The first kappa shape index (κ1) is 16.9. The maximum absolute atomic E-state index is 12.4. The monoisotopic (exact) mass is 297 g/mol. The molecule has 0 aromatic carbocycles. The van der Waals surface area contributed by atoms with E-state index in [1.165, 1.54) is 0 Å². The molecule has 1 amide bonds. The van der Waals surface area contributed by atoms with Gasteiger partial charge in [-0.1, -0.05) is 19.9 Å². The van der Waals surface area contributed by atoms with Gasteiger partial charge in [-0.25, -0.2) is 0 Å². The van der Waals surface area contributed by atoms with E-state index in [4.69, 9.17) is 0 Å². The van der Waals surface area contributed by atoms with E-state index in [2.05, 4.69) is 29.5 Å². The fourth-order valence-electron chi connectivity index (χ4n) is 2.67. The van der Waals surface area contributed by atoms with Gasteiger partial charge in [0.25, 0.3) is 0 Å². The highest BCUT2D eigenvalue weighted by Gasteiger charge is 2.37. The van der Waals surface area contributed by atoms with Crippen LogP contribution in [0.25, 0.3) is 0 Å². The third-order valence-corrected chi connectivity index (χ3v) is 3.93. The van der Waals surface area contributed by atoms with Crippen LogP contribution in [0, 0.1) is 5.41 Å².